The summed E-state index contributed by atoms with van der Waals surface area (Å²) in [6.07, 6.45) is 9.15. The molecule has 1 unspecified atom stereocenters. The largest absolute Gasteiger partial charge is 0.399 e. The zero-order valence-electron chi connectivity index (χ0n) is 12.0. The molecule has 0 aromatic rings. The molecule has 0 N–H and O–H groups in total. The number of hydrogen-bond acceptors (Lipinski definition) is 4. The molecule has 1 atom stereocenters. The Kier molecular flexibility index (Phi) is 10.7. The molecule has 110 valence electrons. The van der Waals surface area contributed by atoms with Gasteiger partial charge in [-0.05, 0) is 18.8 Å². The van der Waals surface area contributed by atoms with Crippen LogP contribution >= 0.6 is 0 Å². The van der Waals surface area contributed by atoms with Crippen LogP contribution in [0.15, 0.2) is 0 Å². The lowest BCUT2D eigenvalue weighted by molar-refractivity contribution is 0.192. The minimum absolute atomic E-state index is 0.252. The SMILES string of the molecule is CCCCCCC(CCCC)COS(=O)(=O)OC. The van der Waals surface area contributed by atoms with Crippen LogP contribution in [0.25, 0.3) is 0 Å². The molecule has 0 aromatic heterocycles. The van der Waals surface area contributed by atoms with E-state index in [0.717, 1.165) is 39.2 Å². The van der Waals surface area contributed by atoms with Crippen LogP contribution < -0.4 is 0 Å². The molecule has 0 aliphatic heterocycles. The topological polar surface area (TPSA) is 52.6 Å². The monoisotopic (exact) mass is 280 g/mol. The Labute approximate surface area is 112 Å². The van der Waals surface area contributed by atoms with Crippen molar-refractivity contribution in [3.63, 3.8) is 0 Å². The molecule has 0 saturated heterocycles. The van der Waals surface area contributed by atoms with E-state index in [0.29, 0.717) is 5.92 Å². The third-order valence-electron chi connectivity index (χ3n) is 3.08. The zero-order valence-corrected chi connectivity index (χ0v) is 12.8. The zero-order chi connectivity index (χ0) is 13.9. The molecule has 4 nitrogen and oxygen atoms in total. The summed E-state index contributed by atoms with van der Waals surface area (Å²) in [5, 5.41) is 0. The second-order valence-electron chi connectivity index (χ2n) is 4.72. The second-order valence-corrected chi connectivity index (χ2v) is 6.10. The van der Waals surface area contributed by atoms with Gasteiger partial charge in [0.15, 0.2) is 0 Å². The normalized spacial score (nSPS) is 13.7. The van der Waals surface area contributed by atoms with E-state index in [1.807, 2.05) is 0 Å². The quantitative estimate of drug-likeness (QED) is 0.512. The number of unbranched alkanes of at least 4 members (excludes halogenated alkanes) is 4. The third-order valence-corrected chi connectivity index (χ3v) is 3.92. The summed E-state index contributed by atoms with van der Waals surface area (Å²) >= 11 is 0. The Morgan fingerprint density at radius 1 is 0.944 bits per heavy atom. The predicted molar refractivity (Wildman–Crippen MR) is 73.7 cm³/mol. The van der Waals surface area contributed by atoms with Gasteiger partial charge >= 0.3 is 10.4 Å². The van der Waals surface area contributed by atoms with Crippen LogP contribution in [0.2, 0.25) is 0 Å². The van der Waals surface area contributed by atoms with Crippen molar-refractivity contribution in [3.05, 3.63) is 0 Å². The lowest BCUT2D eigenvalue weighted by Gasteiger charge is -2.15. The fourth-order valence-electron chi connectivity index (χ4n) is 1.89. The van der Waals surface area contributed by atoms with E-state index in [1.54, 1.807) is 0 Å². The number of hydrogen-bond donors (Lipinski definition) is 0. The molecule has 0 aromatic carbocycles. The van der Waals surface area contributed by atoms with Gasteiger partial charge in [-0.1, -0.05) is 52.4 Å². The second kappa shape index (κ2) is 10.8. The van der Waals surface area contributed by atoms with E-state index in [9.17, 15) is 8.42 Å². The van der Waals surface area contributed by atoms with E-state index >= 15 is 0 Å². The van der Waals surface area contributed by atoms with Crippen LogP contribution in [0.3, 0.4) is 0 Å². The van der Waals surface area contributed by atoms with Crippen LogP contribution in [0.4, 0.5) is 0 Å². The highest BCUT2D eigenvalue weighted by molar-refractivity contribution is 7.81. The van der Waals surface area contributed by atoms with Crippen molar-refractivity contribution in [2.45, 2.75) is 65.2 Å². The van der Waals surface area contributed by atoms with E-state index < -0.39 is 10.4 Å². The third kappa shape index (κ3) is 9.85. The van der Waals surface area contributed by atoms with E-state index in [4.69, 9.17) is 4.18 Å². The molecule has 0 fully saturated rings. The van der Waals surface area contributed by atoms with Gasteiger partial charge in [0.2, 0.25) is 0 Å². The first-order valence-electron chi connectivity index (χ1n) is 7.00. The Morgan fingerprint density at radius 2 is 1.56 bits per heavy atom. The summed E-state index contributed by atoms with van der Waals surface area (Å²) < 4.78 is 31.3. The molecule has 0 rings (SSSR count). The van der Waals surface area contributed by atoms with Crippen molar-refractivity contribution in [2.24, 2.45) is 5.92 Å². The van der Waals surface area contributed by atoms with Crippen LogP contribution in [0, 0.1) is 5.92 Å². The van der Waals surface area contributed by atoms with E-state index in [1.165, 1.54) is 19.3 Å². The van der Waals surface area contributed by atoms with Gasteiger partial charge in [-0.2, -0.15) is 8.42 Å². The van der Waals surface area contributed by atoms with Crippen molar-refractivity contribution in [2.75, 3.05) is 13.7 Å². The fraction of sp³-hybridized carbons (Fsp3) is 1.00. The highest BCUT2D eigenvalue weighted by Gasteiger charge is 2.15. The maximum Gasteiger partial charge on any atom is 0.399 e. The van der Waals surface area contributed by atoms with Gasteiger partial charge in [-0.3, -0.25) is 4.18 Å². The lowest BCUT2D eigenvalue weighted by atomic mass is 9.96. The van der Waals surface area contributed by atoms with E-state index in [2.05, 4.69) is 18.0 Å². The minimum atomic E-state index is -3.77. The average molecular weight is 280 g/mol. The van der Waals surface area contributed by atoms with Gasteiger partial charge < -0.3 is 0 Å². The van der Waals surface area contributed by atoms with Gasteiger partial charge in [-0.25, -0.2) is 4.18 Å². The molecule has 0 aliphatic rings. The Morgan fingerprint density at radius 3 is 2.11 bits per heavy atom. The maximum absolute atomic E-state index is 11.1. The summed E-state index contributed by atoms with van der Waals surface area (Å²) in [4.78, 5) is 0. The first-order valence-corrected chi connectivity index (χ1v) is 8.34. The van der Waals surface area contributed by atoms with Crippen molar-refractivity contribution in [3.8, 4) is 0 Å². The van der Waals surface area contributed by atoms with Gasteiger partial charge in [0.1, 0.15) is 0 Å². The molecule has 0 amide bonds. The Bertz CT molecular complexity index is 275. The van der Waals surface area contributed by atoms with Crippen LogP contribution in [0.5, 0.6) is 0 Å². The van der Waals surface area contributed by atoms with Crippen molar-refractivity contribution in [1.82, 2.24) is 0 Å². The van der Waals surface area contributed by atoms with Crippen molar-refractivity contribution < 1.29 is 16.8 Å². The average Bonchev–Trinajstić information content (AvgIpc) is 2.37. The van der Waals surface area contributed by atoms with Gasteiger partial charge in [0.05, 0.1) is 13.7 Å². The fourth-order valence-corrected chi connectivity index (χ4v) is 2.35. The van der Waals surface area contributed by atoms with Crippen LogP contribution in [-0.4, -0.2) is 22.1 Å². The lowest BCUT2D eigenvalue weighted by Crippen LogP contribution is -2.15. The molecule has 0 aliphatic carbocycles. The highest BCUT2D eigenvalue weighted by atomic mass is 32.3. The summed E-state index contributed by atoms with van der Waals surface area (Å²) in [6, 6.07) is 0. The molecule has 0 bridgehead atoms. The summed E-state index contributed by atoms with van der Waals surface area (Å²) in [5.41, 5.74) is 0. The van der Waals surface area contributed by atoms with Crippen molar-refractivity contribution in [1.29, 1.82) is 0 Å². The smallest absolute Gasteiger partial charge is 0.252 e. The molecule has 0 saturated carbocycles. The summed E-state index contributed by atoms with van der Waals surface area (Å²) in [7, 11) is -2.65. The van der Waals surface area contributed by atoms with Gasteiger partial charge in [0.25, 0.3) is 0 Å². The molecule has 0 radical (unpaired) electrons. The molecular weight excluding hydrogens is 252 g/mol. The molecule has 5 heteroatoms. The maximum atomic E-state index is 11.1. The van der Waals surface area contributed by atoms with Crippen molar-refractivity contribution >= 4 is 10.4 Å². The van der Waals surface area contributed by atoms with Crippen LogP contribution in [0.1, 0.15) is 65.2 Å². The Balaban J connectivity index is 3.98. The van der Waals surface area contributed by atoms with Gasteiger partial charge in [0, 0.05) is 0 Å². The first kappa shape index (κ1) is 17.9. The van der Waals surface area contributed by atoms with Gasteiger partial charge in [-0.15, -0.1) is 0 Å². The minimum Gasteiger partial charge on any atom is -0.252 e. The van der Waals surface area contributed by atoms with E-state index in [-0.39, 0.29) is 6.61 Å². The van der Waals surface area contributed by atoms with Crippen LogP contribution in [-0.2, 0) is 18.8 Å². The summed E-state index contributed by atoms with van der Waals surface area (Å²) in [5.74, 6) is 0.326. The summed E-state index contributed by atoms with van der Waals surface area (Å²) in [6.45, 7) is 4.58. The first-order chi connectivity index (χ1) is 8.55. The standard InChI is InChI=1S/C13H28O4S/c1-4-6-8-9-11-13(10-7-5-2)12-17-18(14,15)16-3/h13H,4-12H2,1-3H3. The molecule has 18 heavy (non-hydrogen) atoms. The Hall–Kier alpha value is -0.130. The molecule has 0 spiro atoms. The number of rotatable bonds is 12. The molecular formula is C13H28O4S. The molecule has 0 heterocycles. The predicted octanol–water partition coefficient (Wildman–Crippen LogP) is 3.67. The highest BCUT2D eigenvalue weighted by Crippen LogP contribution is 2.18.